The summed E-state index contributed by atoms with van der Waals surface area (Å²) in [5, 5.41) is 0. The predicted molar refractivity (Wildman–Crippen MR) is 127 cm³/mol. The van der Waals surface area contributed by atoms with Gasteiger partial charge >= 0.3 is 0 Å². The molecule has 1 unspecified atom stereocenters. The minimum absolute atomic E-state index is 0.224. The maximum Gasteiger partial charge on any atom is 0.125 e. The molecule has 0 aliphatic carbocycles. The fourth-order valence-electron chi connectivity index (χ4n) is 3.27. The van der Waals surface area contributed by atoms with E-state index in [0.717, 1.165) is 41.3 Å². The van der Waals surface area contributed by atoms with Gasteiger partial charge in [-0.25, -0.2) is 9.38 Å². The summed E-state index contributed by atoms with van der Waals surface area (Å²) in [7, 11) is 0. The van der Waals surface area contributed by atoms with Gasteiger partial charge < -0.3 is 9.64 Å². The second kappa shape index (κ2) is 10.7. The monoisotopic (exact) mass is 419 g/mol. The Labute approximate surface area is 184 Å². The molecule has 1 aliphatic heterocycles. The molecule has 1 aliphatic rings. The van der Waals surface area contributed by atoms with Crippen LogP contribution in [0.2, 0.25) is 0 Å². The third kappa shape index (κ3) is 6.92. The van der Waals surface area contributed by atoms with E-state index in [1.807, 2.05) is 44.3 Å². The minimum atomic E-state index is -0.225. The molecule has 2 aromatic rings. The average molecular weight is 420 g/mol. The lowest BCUT2D eigenvalue weighted by atomic mass is 10.1. The van der Waals surface area contributed by atoms with E-state index in [1.165, 1.54) is 17.7 Å². The zero-order chi connectivity index (χ0) is 22.2. The van der Waals surface area contributed by atoms with Gasteiger partial charge in [-0.2, -0.15) is 0 Å². The third-order valence-corrected chi connectivity index (χ3v) is 4.97. The van der Waals surface area contributed by atoms with E-state index in [1.54, 1.807) is 12.4 Å². The van der Waals surface area contributed by atoms with Crippen molar-refractivity contribution in [3.63, 3.8) is 0 Å². The highest BCUT2D eigenvalue weighted by Crippen LogP contribution is 2.28. The van der Waals surface area contributed by atoms with Gasteiger partial charge in [0.25, 0.3) is 0 Å². The van der Waals surface area contributed by atoms with E-state index >= 15 is 0 Å². The van der Waals surface area contributed by atoms with E-state index in [0.29, 0.717) is 6.61 Å². The maximum absolute atomic E-state index is 13.5. The van der Waals surface area contributed by atoms with Gasteiger partial charge in [0.1, 0.15) is 17.4 Å². The number of amidine groups is 1. The number of hydrogen-bond donors (Lipinski definition) is 0. The smallest absolute Gasteiger partial charge is 0.125 e. The van der Waals surface area contributed by atoms with Gasteiger partial charge in [-0.05, 0) is 73.7 Å². The van der Waals surface area contributed by atoms with E-state index in [-0.39, 0.29) is 11.9 Å². The number of halogens is 1. The van der Waals surface area contributed by atoms with Crippen molar-refractivity contribution in [3.8, 4) is 0 Å². The molecule has 2 aromatic carbocycles. The van der Waals surface area contributed by atoms with Crippen LogP contribution in [-0.4, -0.2) is 30.1 Å². The normalized spacial score (nSPS) is 16.5. The first kappa shape index (κ1) is 22.5. The van der Waals surface area contributed by atoms with Gasteiger partial charge in [0.05, 0.1) is 25.4 Å². The molecule has 162 valence electrons. The summed E-state index contributed by atoms with van der Waals surface area (Å²) in [5.41, 5.74) is 3.97. The molecule has 0 radical (unpaired) electrons. The van der Waals surface area contributed by atoms with Gasteiger partial charge in [-0.15, -0.1) is 0 Å². The summed E-state index contributed by atoms with van der Waals surface area (Å²) in [5.74, 6) is 1.62. The zero-order valence-corrected chi connectivity index (χ0v) is 18.7. The number of rotatable bonds is 9. The van der Waals surface area contributed by atoms with Crippen molar-refractivity contribution in [2.45, 2.75) is 40.2 Å². The standard InChI is InChI=1S/C26H30FN3O/c1-5-11-31-20(3)16-28-17-23-7-6-8-24(14-23)21(4)30-18-26(30)29-10-9-22-12-19(2)13-25(27)15-22/h6-10,12-17,21H,5,11,18H2,1-4H3/b10-9+,20-16+,28-17+,29-26+. The lowest BCUT2D eigenvalue weighted by molar-refractivity contribution is 0.214. The van der Waals surface area contributed by atoms with Crippen molar-refractivity contribution in [2.24, 2.45) is 9.98 Å². The molecular weight excluding hydrogens is 389 g/mol. The van der Waals surface area contributed by atoms with Gasteiger partial charge in [0.2, 0.25) is 0 Å². The van der Waals surface area contributed by atoms with Crippen LogP contribution < -0.4 is 0 Å². The van der Waals surface area contributed by atoms with Gasteiger partial charge in [-0.1, -0.05) is 31.2 Å². The van der Waals surface area contributed by atoms with Crippen molar-refractivity contribution in [1.82, 2.24) is 4.90 Å². The molecule has 0 aromatic heterocycles. The van der Waals surface area contributed by atoms with Gasteiger partial charge in [-0.3, -0.25) is 4.99 Å². The predicted octanol–water partition coefficient (Wildman–Crippen LogP) is 6.29. The fraction of sp³-hybridized carbons (Fsp3) is 0.308. The van der Waals surface area contributed by atoms with Crippen LogP contribution in [0.1, 0.15) is 55.5 Å². The molecule has 0 amide bonds. The first-order valence-electron chi connectivity index (χ1n) is 10.7. The van der Waals surface area contributed by atoms with E-state index < -0.39 is 0 Å². The Balaban J connectivity index is 1.59. The van der Waals surface area contributed by atoms with E-state index in [2.05, 4.69) is 40.9 Å². The summed E-state index contributed by atoms with van der Waals surface area (Å²) >= 11 is 0. The van der Waals surface area contributed by atoms with Gasteiger partial charge in [0.15, 0.2) is 0 Å². The van der Waals surface area contributed by atoms with E-state index in [9.17, 15) is 4.39 Å². The molecular formula is C26H30FN3O. The summed E-state index contributed by atoms with van der Waals surface area (Å²) in [6.45, 7) is 9.59. The molecule has 3 rings (SSSR count). The first-order chi connectivity index (χ1) is 15.0. The van der Waals surface area contributed by atoms with Crippen molar-refractivity contribution in [1.29, 1.82) is 0 Å². The highest BCUT2D eigenvalue weighted by atomic mass is 19.1. The maximum atomic E-state index is 13.5. The molecule has 0 N–H and O–H groups in total. The number of hydrogen-bond acceptors (Lipinski definition) is 3. The number of aryl methyl sites for hydroxylation is 1. The topological polar surface area (TPSA) is 37.0 Å². The molecule has 1 fully saturated rings. The Morgan fingerprint density at radius 2 is 2.06 bits per heavy atom. The van der Waals surface area contributed by atoms with Crippen LogP contribution in [0.4, 0.5) is 4.39 Å². The van der Waals surface area contributed by atoms with Crippen LogP contribution >= 0.6 is 0 Å². The molecule has 31 heavy (non-hydrogen) atoms. The average Bonchev–Trinajstić information content (AvgIpc) is 3.51. The van der Waals surface area contributed by atoms with Crippen molar-refractivity contribution < 1.29 is 9.13 Å². The quantitative estimate of drug-likeness (QED) is 0.272. The number of ether oxygens (including phenoxy) is 1. The number of nitrogens with zero attached hydrogens (tertiary/aromatic N) is 3. The Morgan fingerprint density at radius 3 is 2.84 bits per heavy atom. The van der Waals surface area contributed by atoms with Crippen LogP contribution in [0.15, 0.2) is 70.6 Å². The van der Waals surface area contributed by atoms with Crippen LogP contribution in [0, 0.1) is 12.7 Å². The van der Waals surface area contributed by atoms with Crippen molar-refractivity contribution in [3.05, 3.63) is 88.7 Å². The van der Waals surface area contributed by atoms with Gasteiger partial charge in [0, 0.05) is 12.4 Å². The van der Waals surface area contributed by atoms with Crippen LogP contribution in [-0.2, 0) is 4.74 Å². The van der Waals surface area contributed by atoms with E-state index in [4.69, 9.17) is 4.74 Å². The Hall–Kier alpha value is -3.21. The Bertz CT molecular complexity index is 1000. The number of allylic oxidation sites excluding steroid dienone is 1. The molecule has 1 atom stereocenters. The largest absolute Gasteiger partial charge is 0.497 e. The lowest BCUT2D eigenvalue weighted by Gasteiger charge is -2.13. The number of benzene rings is 2. The molecule has 5 heteroatoms. The fourth-order valence-corrected chi connectivity index (χ4v) is 3.27. The van der Waals surface area contributed by atoms with Crippen LogP contribution in [0.5, 0.6) is 0 Å². The highest BCUT2D eigenvalue weighted by Gasteiger charge is 2.32. The van der Waals surface area contributed by atoms with Crippen molar-refractivity contribution in [2.75, 3.05) is 13.2 Å². The zero-order valence-electron chi connectivity index (χ0n) is 18.7. The summed E-state index contributed by atoms with van der Waals surface area (Å²) in [6.07, 6.45) is 8.15. The molecule has 0 spiro atoms. The van der Waals surface area contributed by atoms with Crippen LogP contribution in [0.3, 0.4) is 0 Å². The summed E-state index contributed by atoms with van der Waals surface area (Å²) in [6, 6.07) is 13.5. The highest BCUT2D eigenvalue weighted by molar-refractivity contribution is 5.98. The molecule has 1 heterocycles. The molecule has 1 saturated heterocycles. The summed E-state index contributed by atoms with van der Waals surface area (Å²) in [4.78, 5) is 11.1. The molecule has 0 bridgehead atoms. The summed E-state index contributed by atoms with van der Waals surface area (Å²) < 4.78 is 19.0. The second-order valence-electron chi connectivity index (χ2n) is 7.76. The first-order valence-corrected chi connectivity index (χ1v) is 10.7. The number of aliphatic imine (C=N–C) groups is 2. The lowest BCUT2D eigenvalue weighted by Crippen LogP contribution is -2.06. The Kier molecular flexibility index (Phi) is 7.76. The SMILES string of the molecule is CCCO/C(C)=C/N=C/c1cccc(C(C)N2C/C2=N\C=C\c2cc(C)cc(F)c2)c1. The Morgan fingerprint density at radius 1 is 1.23 bits per heavy atom. The minimum Gasteiger partial charge on any atom is -0.497 e. The second-order valence-corrected chi connectivity index (χ2v) is 7.76. The third-order valence-electron chi connectivity index (χ3n) is 4.97. The van der Waals surface area contributed by atoms with Crippen LogP contribution in [0.25, 0.3) is 6.08 Å². The molecule has 4 nitrogen and oxygen atoms in total. The van der Waals surface area contributed by atoms with Crippen molar-refractivity contribution >= 4 is 18.1 Å². The molecule has 0 saturated carbocycles.